The molecule has 0 amide bonds. The maximum absolute atomic E-state index is 11.6. The van der Waals surface area contributed by atoms with Crippen molar-refractivity contribution in [3.8, 4) is 0 Å². The van der Waals surface area contributed by atoms with Gasteiger partial charge in [-0.05, 0) is 6.42 Å². The molecule has 0 bridgehead atoms. The maximum Gasteiger partial charge on any atom is 0.469 e. The molecular formula is C22H43O6P. The van der Waals surface area contributed by atoms with Crippen molar-refractivity contribution in [2.45, 2.75) is 110 Å². The number of carbonyl (C=O) groups is 1. The molecule has 7 heteroatoms. The number of unbranched alkanes of at least 4 members (excludes halogenated alkanes) is 15. The van der Waals surface area contributed by atoms with E-state index >= 15 is 0 Å². The Hall–Kier alpha value is -0.680. The van der Waals surface area contributed by atoms with Gasteiger partial charge in [-0.25, -0.2) is 9.36 Å². The first-order valence-corrected chi connectivity index (χ1v) is 12.9. The van der Waals surface area contributed by atoms with Crippen LogP contribution in [-0.4, -0.2) is 29.0 Å². The molecule has 0 fully saturated rings. The summed E-state index contributed by atoms with van der Waals surface area (Å²) < 4.78 is 19.8. The normalized spacial score (nSPS) is 11.6. The van der Waals surface area contributed by atoms with E-state index in [0.29, 0.717) is 6.61 Å². The van der Waals surface area contributed by atoms with Crippen molar-refractivity contribution in [3.05, 3.63) is 12.2 Å². The molecule has 0 aromatic heterocycles. The van der Waals surface area contributed by atoms with Gasteiger partial charge in [0, 0.05) is 0 Å². The second-order valence-electron chi connectivity index (χ2n) is 7.81. The zero-order valence-electron chi connectivity index (χ0n) is 18.4. The molecule has 29 heavy (non-hydrogen) atoms. The fraction of sp³-hybridized carbons (Fsp3) is 0.864. The lowest BCUT2D eigenvalue weighted by molar-refractivity contribution is -0.139. The highest BCUT2D eigenvalue weighted by Gasteiger charge is 2.17. The molecule has 0 aliphatic rings. The highest BCUT2D eigenvalue weighted by Crippen LogP contribution is 2.36. The monoisotopic (exact) mass is 434 g/mol. The van der Waals surface area contributed by atoms with Crippen molar-refractivity contribution in [2.24, 2.45) is 0 Å². The van der Waals surface area contributed by atoms with Gasteiger partial charge in [0.15, 0.2) is 0 Å². The van der Waals surface area contributed by atoms with Crippen LogP contribution in [0.1, 0.15) is 110 Å². The Morgan fingerprint density at radius 3 is 1.52 bits per heavy atom. The van der Waals surface area contributed by atoms with Gasteiger partial charge in [0.1, 0.15) is 0 Å². The van der Waals surface area contributed by atoms with Crippen molar-refractivity contribution < 1.29 is 28.4 Å². The second kappa shape index (κ2) is 19.3. The summed E-state index contributed by atoms with van der Waals surface area (Å²) in [7, 11) is -4.59. The van der Waals surface area contributed by atoms with E-state index in [1.807, 2.05) is 0 Å². The van der Waals surface area contributed by atoms with Crippen molar-refractivity contribution in [1.29, 1.82) is 0 Å². The zero-order valence-corrected chi connectivity index (χ0v) is 19.3. The minimum absolute atomic E-state index is 0.0928. The number of ether oxygens (including phenoxy) is 1. The molecule has 0 aliphatic carbocycles. The molecule has 0 aliphatic heterocycles. The van der Waals surface area contributed by atoms with Crippen LogP contribution >= 0.6 is 7.82 Å². The number of hydrogen-bond acceptors (Lipinski definition) is 4. The summed E-state index contributed by atoms with van der Waals surface area (Å²) >= 11 is 0. The van der Waals surface area contributed by atoms with Crippen molar-refractivity contribution in [3.63, 3.8) is 0 Å². The quantitative estimate of drug-likeness (QED) is 0.0932. The lowest BCUT2D eigenvalue weighted by Gasteiger charge is -2.08. The SMILES string of the molecule is C=C(COP(=O)(O)O)C(=O)OCCCCCCCCCCCCCCCCCC. The van der Waals surface area contributed by atoms with Crippen LogP contribution in [0.25, 0.3) is 0 Å². The van der Waals surface area contributed by atoms with E-state index in [1.54, 1.807) is 0 Å². The molecule has 0 aromatic carbocycles. The Kier molecular flexibility index (Phi) is 18.8. The van der Waals surface area contributed by atoms with Crippen LogP contribution in [0.4, 0.5) is 0 Å². The second-order valence-corrected chi connectivity index (χ2v) is 9.05. The highest BCUT2D eigenvalue weighted by atomic mass is 31.2. The Labute approximate surface area is 177 Å². The van der Waals surface area contributed by atoms with Crippen molar-refractivity contribution in [2.75, 3.05) is 13.2 Å². The average molecular weight is 435 g/mol. The van der Waals surface area contributed by atoms with Crippen molar-refractivity contribution >= 4 is 13.8 Å². The summed E-state index contributed by atoms with van der Waals surface area (Å²) in [6.07, 6.45) is 20.5. The minimum Gasteiger partial charge on any atom is -0.462 e. The Bertz CT molecular complexity index is 460. The number of carbonyl (C=O) groups excluding carboxylic acids is 1. The third kappa shape index (κ3) is 21.8. The smallest absolute Gasteiger partial charge is 0.462 e. The van der Waals surface area contributed by atoms with Gasteiger partial charge in [-0.3, -0.25) is 4.52 Å². The number of phosphoric acid groups is 1. The van der Waals surface area contributed by atoms with Gasteiger partial charge in [0.25, 0.3) is 0 Å². The Balaban J connectivity index is 3.28. The standard InChI is InChI=1S/C22H43O6P/c1-3-4-5-6-7-8-9-10-11-12-13-14-15-16-17-18-19-27-22(23)21(2)20-28-29(24,25)26/h2-20H2,1H3,(H2,24,25,26). The van der Waals surface area contributed by atoms with Crippen LogP contribution in [0, 0.1) is 0 Å². The van der Waals surface area contributed by atoms with Crippen LogP contribution in [0.3, 0.4) is 0 Å². The zero-order chi connectivity index (χ0) is 21.8. The van der Waals surface area contributed by atoms with Gasteiger partial charge in [0.05, 0.1) is 18.8 Å². The fourth-order valence-corrected chi connectivity index (χ4v) is 3.46. The molecule has 0 saturated carbocycles. The molecule has 0 radical (unpaired) electrons. The van der Waals surface area contributed by atoms with E-state index in [-0.39, 0.29) is 5.57 Å². The van der Waals surface area contributed by atoms with Gasteiger partial charge in [-0.15, -0.1) is 0 Å². The van der Waals surface area contributed by atoms with Gasteiger partial charge >= 0.3 is 13.8 Å². The number of esters is 1. The Morgan fingerprint density at radius 1 is 0.759 bits per heavy atom. The third-order valence-electron chi connectivity index (χ3n) is 4.93. The third-order valence-corrected chi connectivity index (χ3v) is 5.39. The van der Waals surface area contributed by atoms with Gasteiger partial charge < -0.3 is 14.5 Å². The summed E-state index contributed by atoms with van der Waals surface area (Å²) in [6, 6.07) is 0. The van der Waals surface area contributed by atoms with E-state index in [1.165, 1.54) is 83.5 Å². The van der Waals surface area contributed by atoms with Crippen LogP contribution in [0.15, 0.2) is 12.2 Å². The number of rotatable bonds is 21. The summed E-state index contributed by atoms with van der Waals surface area (Å²) in [5, 5.41) is 0. The maximum atomic E-state index is 11.6. The van der Waals surface area contributed by atoms with Crippen LogP contribution < -0.4 is 0 Å². The lowest BCUT2D eigenvalue weighted by Crippen LogP contribution is -2.12. The average Bonchev–Trinajstić information content (AvgIpc) is 2.67. The fourth-order valence-electron chi connectivity index (χ4n) is 3.14. The molecule has 0 aromatic rings. The largest absolute Gasteiger partial charge is 0.469 e. The predicted molar refractivity (Wildman–Crippen MR) is 118 cm³/mol. The van der Waals surface area contributed by atoms with E-state index in [9.17, 15) is 9.36 Å². The summed E-state index contributed by atoms with van der Waals surface area (Å²) in [5.41, 5.74) is -0.0928. The van der Waals surface area contributed by atoms with Crippen molar-refractivity contribution in [1.82, 2.24) is 0 Å². The van der Waals surface area contributed by atoms with E-state index < -0.39 is 20.4 Å². The van der Waals surface area contributed by atoms with E-state index in [2.05, 4.69) is 18.0 Å². The molecule has 0 heterocycles. The lowest BCUT2D eigenvalue weighted by atomic mass is 10.0. The summed E-state index contributed by atoms with van der Waals surface area (Å²) in [4.78, 5) is 28.7. The van der Waals surface area contributed by atoms with Gasteiger partial charge in [-0.2, -0.15) is 0 Å². The summed E-state index contributed by atoms with van der Waals surface area (Å²) in [5.74, 6) is -0.667. The molecular weight excluding hydrogens is 391 g/mol. The summed E-state index contributed by atoms with van der Waals surface area (Å²) in [6.45, 7) is 5.44. The predicted octanol–water partition coefficient (Wildman–Crippen LogP) is 6.46. The minimum atomic E-state index is -4.59. The van der Waals surface area contributed by atoms with Gasteiger partial charge in [-0.1, -0.05) is 110 Å². The first kappa shape index (κ1) is 28.3. The van der Waals surface area contributed by atoms with Crippen LogP contribution in [0.2, 0.25) is 0 Å². The molecule has 6 nitrogen and oxygen atoms in total. The molecule has 0 saturated heterocycles. The first-order chi connectivity index (χ1) is 13.9. The Morgan fingerprint density at radius 2 is 1.14 bits per heavy atom. The molecule has 0 spiro atoms. The van der Waals surface area contributed by atoms with Gasteiger partial charge in [0.2, 0.25) is 0 Å². The number of phosphoric ester groups is 1. The molecule has 2 N–H and O–H groups in total. The highest BCUT2D eigenvalue weighted by molar-refractivity contribution is 7.46. The van der Waals surface area contributed by atoms with E-state index in [4.69, 9.17) is 14.5 Å². The molecule has 0 unspecified atom stereocenters. The van der Waals surface area contributed by atoms with E-state index in [0.717, 1.165) is 19.3 Å². The van der Waals surface area contributed by atoms with Crippen LogP contribution in [0.5, 0.6) is 0 Å². The topological polar surface area (TPSA) is 93.1 Å². The molecule has 0 rings (SSSR count). The van der Waals surface area contributed by atoms with Crippen LogP contribution in [-0.2, 0) is 18.6 Å². The molecule has 0 atom stereocenters. The first-order valence-electron chi connectivity index (χ1n) is 11.4. The molecule has 172 valence electrons. The number of hydrogen-bond donors (Lipinski definition) is 2.